The van der Waals surface area contributed by atoms with E-state index >= 15 is 0 Å². The number of nitrogens with one attached hydrogen (secondary N) is 2. The van der Waals surface area contributed by atoms with Crippen molar-refractivity contribution in [3.05, 3.63) is 90.5 Å². The highest BCUT2D eigenvalue weighted by molar-refractivity contribution is 5.91. The second kappa shape index (κ2) is 9.76. The Labute approximate surface area is 181 Å². The van der Waals surface area contributed by atoms with E-state index in [9.17, 15) is 9.59 Å². The van der Waals surface area contributed by atoms with E-state index in [0.717, 1.165) is 32.9 Å². The molecule has 0 aliphatic rings. The molecule has 0 heterocycles. The monoisotopic (exact) mass is 412 g/mol. The number of rotatable bonds is 8. The number of hydrogen-bond donors (Lipinski definition) is 2. The summed E-state index contributed by atoms with van der Waals surface area (Å²) < 4.78 is 5.81. The first-order chi connectivity index (χ1) is 15.2. The molecule has 2 N–H and O–H groups in total. The lowest BCUT2D eigenvalue weighted by Gasteiger charge is -2.11. The Morgan fingerprint density at radius 3 is 2.13 bits per heavy atom. The van der Waals surface area contributed by atoms with Crippen molar-refractivity contribution in [1.29, 1.82) is 0 Å². The third-order valence-corrected chi connectivity index (χ3v) is 5.11. The predicted molar refractivity (Wildman–Crippen MR) is 123 cm³/mol. The zero-order valence-corrected chi connectivity index (χ0v) is 17.1. The largest absolute Gasteiger partial charge is 0.491 e. The molecule has 0 aliphatic carbocycles. The van der Waals surface area contributed by atoms with Gasteiger partial charge in [-0.3, -0.25) is 9.59 Å². The molecule has 0 fully saturated rings. The normalized spacial score (nSPS) is 10.7. The summed E-state index contributed by atoms with van der Waals surface area (Å²) in [5.74, 6) is 0.363. The van der Waals surface area contributed by atoms with Crippen LogP contribution in [0.5, 0.6) is 5.75 Å². The molecule has 4 rings (SSSR count). The van der Waals surface area contributed by atoms with Crippen LogP contribution in [0.3, 0.4) is 0 Å². The highest BCUT2D eigenvalue weighted by Crippen LogP contribution is 2.24. The Balaban J connectivity index is 1.21. The molecule has 5 heteroatoms. The van der Waals surface area contributed by atoms with E-state index in [1.54, 1.807) is 0 Å². The topological polar surface area (TPSA) is 67.4 Å². The van der Waals surface area contributed by atoms with E-state index in [4.69, 9.17) is 4.74 Å². The van der Waals surface area contributed by atoms with Crippen LogP contribution in [-0.4, -0.2) is 31.5 Å². The van der Waals surface area contributed by atoms with Gasteiger partial charge < -0.3 is 15.4 Å². The second-order valence-corrected chi connectivity index (χ2v) is 7.27. The Morgan fingerprint density at radius 2 is 1.32 bits per heavy atom. The summed E-state index contributed by atoms with van der Waals surface area (Å²) in [5.41, 5.74) is 0.944. The summed E-state index contributed by atoms with van der Waals surface area (Å²) in [5, 5.41) is 9.75. The van der Waals surface area contributed by atoms with Crippen LogP contribution < -0.4 is 15.4 Å². The summed E-state index contributed by atoms with van der Waals surface area (Å²) in [6, 6.07) is 27.7. The number of carbonyl (C=O) groups excluding carboxylic acids is 2. The summed E-state index contributed by atoms with van der Waals surface area (Å²) in [6.45, 7) is 0.656. The van der Waals surface area contributed by atoms with Crippen molar-refractivity contribution in [1.82, 2.24) is 10.6 Å². The molecule has 0 spiro atoms. The van der Waals surface area contributed by atoms with Gasteiger partial charge in [0.1, 0.15) is 12.4 Å². The molecule has 156 valence electrons. The van der Waals surface area contributed by atoms with E-state index in [0.29, 0.717) is 13.2 Å². The summed E-state index contributed by atoms with van der Waals surface area (Å²) in [6.07, 6.45) is 0.235. The maximum Gasteiger partial charge on any atom is 0.239 e. The molecule has 4 aromatic rings. The molecule has 0 atom stereocenters. The summed E-state index contributed by atoms with van der Waals surface area (Å²) in [7, 11) is 0. The van der Waals surface area contributed by atoms with Crippen molar-refractivity contribution < 1.29 is 14.3 Å². The molecule has 0 unspecified atom stereocenters. The third-order valence-electron chi connectivity index (χ3n) is 5.11. The van der Waals surface area contributed by atoms with Crippen molar-refractivity contribution >= 4 is 33.4 Å². The van der Waals surface area contributed by atoms with Gasteiger partial charge in [-0.1, -0.05) is 78.9 Å². The van der Waals surface area contributed by atoms with Crippen LogP contribution in [0.4, 0.5) is 0 Å². The first kappa shape index (κ1) is 20.4. The molecule has 4 aromatic carbocycles. The van der Waals surface area contributed by atoms with Gasteiger partial charge in [-0.05, 0) is 27.8 Å². The minimum Gasteiger partial charge on any atom is -0.491 e. The van der Waals surface area contributed by atoms with Crippen LogP contribution in [0.15, 0.2) is 84.9 Å². The average Bonchev–Trinajstić information content (AvgIpc) is 2.81. The van der Waals surface area contributed by atoms with Crippen molar-refractivity contribution in [2.75, 3.05) is 19.7 Å². The van der Waals surface area contributed by atoms with Crippen LogP contribution in [0, 0.1) is 0 Å². The number of amides is 2. The van der Waals surface area contributed by atoms with Gasteiger partial charge in [0.25, 0.3) is 0 Å². The lowest BCUT2D eigenvalue weighted by molar-refractivity contribution is -0.125. The van der Waals surface area contributed by atoms with Crippen molar-refractivity contribution in [2.45, 2.75) is 6.42 Å². The molecule has 0 radical (unpaired) electrons. The fraction of sp³-hybridized carbons (Fsp3) is 0.154. The van der Waals surface area contributed by atoms with E-state index in [1.165, 1.54) is 0 Å². The fourth-order valence-electron chi connectivity index (χ4n) is 3.60. The molecule has 0 saturated heterocycles. The van der Waals surface area contributed by atoms with Crippen molar-refractivity contribution in [2.24, 2.45) is 0 Å². The van der Waals surface area contributed by atoms with Gasteiger partial charge in [-0.15, -0.1) is 0 Å². The first-order valence-electron chi connectivity index (χ1n) is 10.3. The minimum atomic E-state index is -0.243. The van der Waals surface area contributed by atoms with E-state index in [1.807, 2.05) is 84.9 Å². The molecule has 0 bridgehead atoms. The standard InChI is InChI=1S/C26H24N2O3/c29-25(17-21-11-5-9-19-7-1-3-12-22(19)21)28-18-26(30)27-15-16-31-24-14-6-10-20-8-2-4-13-23(20)24/h1-14H,15-18H2,(H,27,30)(H,28,29). The smallest absolute Gasteiger partial charge is 0.239 e. The van der Waals surface area contributed by atoms with Gasteiger partial charge in [-0.25, -0.2) is 0 Å². The number of fused-ring (bicyclic) bond motifs is 2. The van der Waals surface area contributed by atoms with Gasteiger partial charge >= 0.3 is 0 Å². The molecular formula is C26H24N2O3. The number of benzene rings is 4. The average molecular weight is 412 g/mol. The summed E-state index contributed by atoms with van der Waals surface area (Å²) >= 11 is 0. The lowest BCUT2D eigenvalue weighted by Crippen LogP contribution is -2.39. The maximum absolute atomic E-state index is 12.3. The maximum atomic E-state index is 12.3. The molecule has 31 heavy (non-hydrogen) atoms. The molecular weight excluding hydrogens is 388 g/mol. The van der Waals surface area contributed by atoms with Crippen LogP contribution in [0.2, 0.25) is 0 Å². The van der Waals surface area contributed by atoms with Crippen molar-refractivity contribution in [3.63, 3.8) is 0 Å². The van der Waals surface area contributed by atoms with Gasteiger partial charge in [0.15, 0.2) is 0 Å². The SMILES string of the molecule is O=C(CNC(=O)Cc1cccc2ccccc12)NCCOc1cccc2ccccc12. The Bertz CT molecular complexity index is 1210. The molecule has 0 saturated carbocycles. The summed E-state index contributed by atoms with van der Waals surface area (Å²) in [4.78, 5) is 24.3. The predicted octanol–water partition coefficient (Wildman–Crippen LogP) is 3.85. The number of ether oxygens (including phenoxy) is 1. The zero-order chi connectivity index (χ0) is 21.5. The highest BCUT2D eigenvalue weighted by Gasteiger charge is 2.09. The number of carbonyl (C=O) groups is 2. The molecule has 0 aliphatic heterocycles. The Hall–Kier alpha value is -3.86. The van der Waals surface area contributed by atoms with Gasteiger partial charge in [0.2, 0.25) is 11.8 Å². The van der Waals surface area contributed by atoms with Gasteiger partial charge in [0.05, 0.1) is 19.5 Å². The zero-order valence-electron chi connectivity index (χ0n) is 17.1. The van der Waals surface area contributed by atoms with Gasteiger partial charge in [0, 0.05) is 5.39 Å². The van der Waals surface area contributed by atoms with E-state index < -0.39 is 0 Å². The second-order valence-electron chi connectivity index (χ2n) is 7.27. The van der Waals surface area contributed by atoms with Crippen LogP contribution >= 0.6 is 0 Å². The molecule has 5 nitrogen and oxygen atoms in total. The quantitative estimate of drug-likeness (QED) is 0.432. The van der Waals surface area contributed by atoms with Crippen LogP contribution in [0.25, 0.3) is 21.5 Å². The fourth-order valence-corrected chi connectivity index (χ4v) is 3.60. The highest BCUT2D eigenvalue weighted by atomic mass is 16.5. The molecule has 2 amide bonds. The van der Waals surface area contributed by atoms with Gasteiger partial charge in [-0.2, -0.15) is 0 Å². The van der Waals surface area contributed by atoms with Crippen LogP contribution in [0.1, 0.15) is 5.56 Å². The first-order valence-corrected chi connectivity index (χ1v) is 10.3. The Kier molecular flexibility index (Phi) is 6.43. The number of hydrogen-bond acceptors (Lipinski definition) is 3. The van der Waals surface area contributed by atoms with Crippen LogP contribution in [-0.2, 0) is 16.0 Å². The van der Waals surface area contributed by atoms with E-state index in [-0.39, 0.29) is 24.8 Å². The third kappa shape index (κ3) is 5.20. The van der Waals surface area contributed by atoms with E-state index in [2.05, 4.69) is 10.6 Å². The lowest BCUT2D eigenvalue weighted by atomic mass is 10.0. The molecule has 0 aromatic heterocycles. The minimum absolute atomic E-state index is 0.0577. The Morgan fingerprint density at radius 1 is 0.677 bits per heavy atom. The van der Waals surface area contributed by atoms with Crippen molar-refractivity contribution in [3.8, 4) is 5.75 Å².